The molecule has 7 heteroatoms. The topological polar surface area (TPSA) is 71.6 Å². The molecule has 2 aliphatic rings. The molecule has 2 aliphatic heterocycles. The number of hydrogen-bond donors (Lipinski definition) is 0. The Kier molecular flexibility index (Phi) is 4.46. The lowest BCUT2D eigenvalue weighted by Crippen LogP contribution is -2.37. The number of nitrogens with zero attached hydrogens (tertiary/aromatic N) is 4. The maximum absolute atomic E-state index is 13.2. The van der Waals surface area contributed by atoms with Crippen LogP contribution in [-0.2, 0) is 7.05 Å². The van der Waals surface area contributed by atoms with Crippen LogP contribution in [-0.4, -0.2) is 51.0 Å². The van der Waals surface area contributed by atoms with Crippen LogP contribution >= 0.6 is 0 Å². The summed E-state index contributed by atoms with van der Waals surface area (Å²) in [5.41, 5.74) is 2.47. The van der Waals surface area contributed by atoms with Gasteiger partial charge in [0.15, 0.2) is 0 Å². The Balaban J connectivity index is 1.44. The SMILES string of the molecule is Cc1cc(C(=O)N2C[C@@H]3CN(C(=O)c4cccn4C)C[C@@H]3[C@H]2c2ccccc2)on1. The average molecular weight is 404 g/mol. The number of carbonyl (C=O) groups is 2. The lowest BCUT2D eigenvalue weighted by molar-refractivity contribution is 0.0640. The Bertz CT molecular complexity index is 1090. The zero-order chi connectivity index (χ0) is 20.8. The molecule has 0 spiro atoms. The van der Waals surface area contributed by atoms with Crippen LogP contribution in [0.1, 0.15) is 38.3 Å². The molecule has 2 fully saturated rings. The summed E-state index contributed by atoms with van der Waals surface area (Å²) in [5.74, 6) is 0.591. The van der Waals surface area contributed by atoms with E-state index in [1.54, 1.807) is 13.0 Å². The minimum atomic E-state index is -0.140. The van der Waals surface area contributed by atoms with Crippen LogP contribution in [0.2, 0.25) is 0 Å². The van der Waals surface area contributed by atoms with Gasteiger partial charge in [-0.15, -0.1) is 0 Å². The fraction of sp³-hybridized carbons (Fsp3) is 0.348. The molecule has 0 aliphatic carbocycles. The summed E-state index contributed by atoms with van der Waals surface area (Å²) in [6, 6.07) is 15.4. The van der Waals surface area contributed by atoms with E-state index >= 15 is 0 Å². The summed E-state index contributed by atoms with van der Waals surface area (Å²) in [6.45, 7) is 3.69. The molecule has 5 rings (SSSR count). The van der Waals surface area contributed by atoms with Crippen molar-refractivity contribution in [3.63, 3.8) is 0 Å². The van der Waals surface area contributed by atoms with Gasteiger partial charge >= 0.3 is 0 Å². The number of fused-ring (bicyclic) bond motifs is 1. The number of hydrogen-bond acceptors (Lipinski definition) is 4. The number of carbonyl (C=O) groups excluding carboxylic acids is 2. The highest BCUT2D eigenvalue weighted by molar-refractivity contribution is 5.93. The van der Waals surface area contributed by atoms with E-state index < -0.39 is 0 Å². The molecule has 2 saturated heterocycles. The largest absolute Gasteiger partial charge is 0.351 e. The summed E-state index contributed by atoms with van der Waals surface area (Å²) in [5, 5.41) is 3.87. The molecule has 2 amide bonds. The Labute approximate surface area is 174 Å². The van der Waals surface area contributed by atoms with Crippen molar-refractivity contribution in [2.75, 3.05) is 19.6 Å². The van der Waals surface area contributed by atoms with Gasteiger partial charge in [0.1, 0.15) is 5.69 Å². The van der Waals surface area contributed by atoms with Crippen molar-refractivity contribution < 1.29 is 14.1 Å². The Hall–Kier alpha value is -3.35. The second kappa shape index (κ2) is 7.16. The molecule has 7 nitrogen and oxygen atoms in total. The zero-order valence-electron chi connectivity index (χ0n) is 17.1. The number of aryl methyl sites for hydroxylation is 2. The van der Waals surface area contributed by atoms with Gasteiger partial charge in [-0.25, -0.2) is 0 Å². The molecule has 2 aromatic heterocycles. The fourth-order valence-corrected chi connectivity index (χ4v) is 4.95. The number of aromatic nitrogens is 2. The van der Waals surface area contributed by atoms with E-state index in [4.69, 9.17) is 4.52 Å². The van der Waals surface area contributed by atoms with Crippen molar-refractivity contribution >= 4 is 11.8 Å². The predicted octanol–water partition coefficient (Wildman–Crippen LogP) is 2.91. The smallest absolute Gasteiger partial charge is 0.293 e. The van der Waals surface area contributed by atoms with Gasteiger partial charge in [-0.05, 0) is 24.6 Å². The van der Waals surface area contributed by atoms with Gasteiger partial charge in [-0.1, -0.05) is 35.5 Å². The van der Waals surface area contributed by atoms with Gasteiger partial charge in [0.2, 0.25) is 5.76 Å². The molecule has 3 aromatic rings. The van der Waals surface area contributed by atoms with Crippen LogP contribution in [0.15, 0.2) is 59.3 Å². The Morgan fingerprint density at radius 2 is 1.83 bits per heavy atom. The third-order valence-corrected chi connectivity index (χ3v) is 6.35. The molecular formula is C23H24N4O3. The molecule has 30 heavy (non-hydrogen) atoms. The van der Waals surface area contributed by atoms with Crippen molar-refractivity contribution in [2.45, 2.75) is 13.0 Å². The van der Waals surface area contributed by atoms with Crippen LogP contribution in [0.3, 0.4) is 0 Å². The summed E-state index contributed by atoms with van der Waals surface area (Å²) in [6.07, 6.45) is 1.89. The van der Waals surface area contributed by atoms with E-state index in [1.807, 2.05) is 57.9 Å². The van der Waals surface area contributed by atoms with Crippen molar-refractivity contribution in [1.29, 1.82) is 0 Å². The fourth-order valence-electron chi connectivity index (χ4n) is 4.95. The second-order valence-corrected chi connectivity index (χ2v) is 8.28. The molecule has 1 aromatic carbocycles. The molecule has 154 valence electrons. The predicted molar refractivity (Wildman–Crippen MR) is 110 cm³/mol. The van der Waals surface area contributed by atoms with Gasteiger partial charge in [0.25, 0.3) is 11.8 Å². The molecular weight excluding hydrogens is 380 g/mol. The third kappa shape index (κ3) is 3.01. The molecule has 0 bridgehead atoms. The Morgan fingerprint density at radius 3 is 2.50 bits per heavy atom. The molecule has 0 unspecified atom stereocenters. The van der Waals surface area contributed by atoms with E-state index in [0.29, 0.717) is 31.0 Å². The number of likely N-dealkylation sites (tertiary alicyclic amines) is 2. The molecule has 0 N–H and O–H groups in total. The van der Waals surface area contributed by atoms with Crippen LogP contribution in [0, 0.1) is 18.8 Å². The summed E-state index contributed by atoms with van der Waals surface area (Å²) < 4.78 is 7.11. The van der Waals surface area contributed by atoms with Crippen LogP contribution < -0.4 is 0 Å². The quantitative estimate of drug-likeness (QED) is 0.673. The van der Waals surface area contributed by atoms with Crippen molar-refractivity contribution in [3.8, 4) is 0 Å². The lowest BCUT2D eigenvalue weighted by atomic mass is 9.89. The zero-order valence-corrected chi connectivity index (χ0v) is 17.1. The first-order valence-corrected chi connectivity index (χ1v) is 10.2. The third-order valence-electron chi connectivity index (χ3n) is 6.35. The highest BCUT2D eigenvalue weighted by Crippen LogP contribution is 2.45. The van der Waals surface area contributed by atoms with Crippen molar-refractivity contribution in [1.82, 2.24) is 19.5 Å². The minimum Gasteiger partial charge on any atom is -0.351 e. The van der Waals surface area contributed by atoms with E-state index in [0.717, 1.165) is 5.56 Å². The number of amides is 2. The molecule has 3 atom stereocenters. The summed E-state index contributed by atoms with van der Waals surface area (Å²) >= 11 is 0. The molecule has 0 saturated carbocycles. The first kappa shape index (κ1) is 18.7. The minimum absolute atomic E-state index is 0.0486. The Morgan fingerprint density at radius 1 is 1.03 bits per heavy atom. The van der Waals surface area contributed by atoms with E-state index in [-0.39, 0.29) is 35.5 Å². The monoisotopic (exact) mass is 404 g/mol. The van der Waals surface area contributed by atoms with E-state index in [2.05, 4.69) is 17.3 Å². The van der Waals surface area contributed by atoms with Crippen molar-refractivity contribution in [2.24, 2.45) is 18.9 Å². The lowest BCUT2D eigenvalue weighted by Gasteiger charge is -2.29. The normalized spacial score (nSPS) is 23.1. The van der Waals surface area contributed by atoms with E-state index in [9.17, 15) is 9.59 Å². The van der Waals surface area contributed by atoms with Gasteiger partial charge in [0.05, 0.1) is 11.7 Å². The first-order chi connectivity index (χ1) is 14.5. The van der Waals surface area contributed by atoms with Gasteiger partial charge in [0, 0.05) is 50.8 Å². The standard InChI is InChI=1S/C23H24N4O3/c1-15-11-20(30-24-15)23(29)27-13-17-12-26(22(28)19-9-6-10-25(19)2)14-18(17)21(27)16-7-4-3-5-8-16/h3-11,17-18,21H,12-14H2,1-2H3/t17-,18-,21+/m0/s1. The van der Waals surface area contributed by atoms with Crippen molar-refractivity contribution in [3.05, 3.63) is 77.4 Å². The average Bonchev–Trinajstić information content (AvgIpc) is 3.51. The van der Waals surface area contributed by atoms with Gasteiger partial charge in [-0.2, -0.15) is 0 Å². The van der Waals surface area contributed by atoms with Crippen LogP contribution in [0.5, 0.6) is 0 Å². The highest BCUT2D eigenvalue weighted by atomic mass is 16.5. The van der Waals surface area contributed by atoms with Gasteiger partial charge in [-0.3, -0.25) is 9.59 Å². The number of benzene rings is 1. The number of rotatable bonds is 3. The maximum atomic E-state index is 13.2. The summed E-state index contributed by atoms with van der Waals surface area (Å²) in [7, 11) is 1.89. The first-order valence-electron chi connectivity index (χ1n) is 10.2. The second-order valence-electron chi connectivity index (χ2n) is 8.28. The maximum Gasteiger partial charge on any atom is 0.293 e. The van der Waals surface area contributed by atoms with Crippen LogP contribution in [0.4, 0.5) is 0 Å². The van der Waals surface area contributed by atoms with E-state index in [1.165, 1.54) is 0 Å². The highest BCUT2D eigenvalue weighted by Gasteiger charge is 2.50. The van der Waals surface area contributed by atoms with Gasteiger partial charge < -0.3 is 18.9 Å². The molecule has 4 heterocycles. The van der Waals surface area contributed by atoms with Crippen LogP contribution in [0.25, 0.3) is 0 Å². The summed E-state index contributed by atoms with van der Waals surface area (Å²) in [4.78, 5) is 30.1. The molecule has 0 radical (unpaired) electrons.